The lowest BCUT2D eigenvalue weighted by Crippen LogP contribution is -2.30. The van der Waals surface area contributed by atoms with Crippen molar-refractivity contribution in [2.75, 3.05) is 5.32 Å². The van der Waals surface area contributed by atoms with Crippen molar-refractivity contribution < 1.29 is 9.90 Å². The van der Waals surface area contributed by atoms with Crippen LogP contribution in [0.3, 0.4) is 0 Å². The van der Waals surface area contributed by atoms with E-state index in [1.807, 2.05) is 54.1 Å². The Kier molecular flexibility index (Phi) is 4.44. The molecule has 0 spiro atoms. The van der Waals surface area contributed by atoms with Gasteiger partial charge in [0.1, 0.15) is 5.52 Å². The second-order valence-corrected chi connectivity index (χ2v) is 7.61. The third-order valence-electron chi connectivity index (χ3n) is 5.26. The monoisotopic (exact) mass is 364 g/mol. The van der Waals surface area contributed by atoms with Gasteiger partial charge in [-0.1, -0.05) is 30.3 Å². The second kappa shape index (κ2) is 6.78. The number of nitrogens with one attached hydrogen (secondary N) is 1. The van der Waals surface area contributed by atoms with Crippen LogP contribution in [0.5, 0.6) is 0 Å². The lowest BCUT2D eigenvalue weighted by molar-refractivity contribution is -0.120. The van der Waals surface area contributed by atoms with Crippen LogP contribution in [0, 0.1) is 6.92 Å². The van der Waals surface area contributed by atoms with Crippen molar-refractivity contribution in [1.82, 2.24) is 14.5 Å². The van der Waals surface area contributed by atoms with Crippen LogP contribution in [-0.4, -0.2) is 25.5 Å². The summed E-state index contributed by atoms with van der Waals surface area (Å²) in [4.78, 5) is 21.8. The highest BCUT2D eigenvalue weighted by Crippen LogP contribution is 2.37. The number of hydrogen-bond acceptors (Lipinski definition) is 4. The van der Waals surface area contributed by atoms with Crippen LogP contribution < -0.4 is 5.32 Å². The lowest BCUT2D eigenvalue weighted by Gasteiger charge is -2.29. The molecular formula is C21H24N4O2. The molecule has 0 aliphatic heterocycles. The summed E-state index contributed by atoms with van der Waals surface area (Å²) in [6.45, 7) is 3.63. The minimum Gasteiger partial charge on any atom is -0.385 e. The molecule has 1 aliphatic rings. The molecule has 27 heavy (non-hydrogen) atoms. The van der Waals surface area contributed by atoms with E-state index in [2.05, 4.69) is 15.3 Å². The molecule has 3 aromatic rings. The first kappa shape index (κ1) is 17.7. The van der Waals surface area contributed by atoms with Crippen molar-refractivity contribution in [2.24, 2.45) is 0 Å². The van der Waals surface area contributed by atoms with Gasteiger partial charge < -0.3 is 5.11 Å². The molecule has 1 aromatic carbocycles. The fourth-order valence-electron chi connectivity index (χ4n) is 3.54. The van der Waals surface area contributed by atoms with Gasteiger partial charge in [-0.2, -0.15) is 0 Å². The molecule has 0 bridgehead atoms. The highest BCUT2D eigenvalue weighted by Gasteiger charge is 2.29. The minimum atomic E-state index is -1.24. The van der Waals surface area contributed by atoms with Crippen LogP contribution in [0.1, 0.15) is 49.8 Å². The largest absolute Gasteiger partial charge is 0.385 e. The summed E-state index contributed by atoms with van der Waals surface area (Å²) in [6, 6.07) is 11.5. The number of aliphatic hydroxyl groups is 1. The summed E-state index contributed by atoms with van der Waals surface area (Å²) in [5.74, 6) is 0.248. The number of aryl methyl sites for hydroxylation is 1. The van der Waals surface area contributed by atoms with Crippen molar-refractivity contribution in [3.63, 3.8) is 0 Å². The van der Waals surface area contributed by atoms with Gasteiger partial charge in [-0.05, 0) is 50.3 Å². The predicted octanol–water partition coefficient (Wildman–Crippen LogP) is 3.70. The maximum absolute atomic E-state index is 12.7. The second-order valence-electron chi connectivity index (χ2n) is 7.61. The molecule has 2 heterocycles. The SMILES string of the molecule is Cc1cnc2c(c1)nc(NC(=O)C[C@](C)(O)c1ccccc1)n2C1CCC1. The number of fused-ring (bicyclic) bond motifs is 1. The third kappa shape index (κ3) is 3.45. The van der Waals surface area contributed by atoms with Crippen LogP contribution in [0.4, 0.5) is 5.95 Å². The molecule has 0 radical (unpaired) electrons. The van der Waals surface area contributed by atoms with Gasteiger partial charge in [0, 0.05) is 12.2 Å². The molecule has 1 amide bonds. The number of nitrogens with zero attached hydrogens (tertiary/aromatic N) is 3. The first-order valence-corrected chi connectivity index (χ1v) is 9.36. The predicted molar refractivity (Wildman–Crippen MR) is 104 cm³/mol. The van der Waals surface area contributed by atoms with E-state index in [1.165, 1.54) is 6.42 Å². The molecule has 6 heteroatoms. The number of benzene rings is 1. The maximum atomic E-state index is 12.7. The van der Waals surface area contributed by atoms with Gasteiger partial charge in [0.05, 0.1) is 12.0 Å². The molecule has 1 atom stereocenters. The van der Waals surface area contributed by atoms with Gasteiger partial charge in [-0.25, -0.2) is 9.97 Å². The Morgan fingerprint density at radius 3 is 2.74 bits per heavy atom. The number of imidazole rings is 1. The van der Waals surface area contributed by atoms with E-state index >= 15 is 0 Å². The molecule has 4 rings (SSSR count). The summed E-state index contributed by atoms with van der Waals surface area (Å²) >= 11 is 0. The molecule has 6 nitrogen and oxygen atoms in total. The van der Waals surface area contributed by atoms with Crippen LogP contribution in [-0.2, 0) is 10.4 Å². The maximum Gasteiger partial charge on any atom is 0.229 e. The quantitative estimate of drug-likeness (QED) is 0.723. The van der Waals surface area contributed by atoms with E-state index in [0.717, 1.165) is 29.6 Å². The zero-order valence-electron chi connectivity index (χ0n) is 15.6. The Bertz CT molecular complexity index is 975. The Balaban J connectivity index is 1.60. The third-order valence-corrected chi connectivity index (χ3v) is 5.26. The summed E-state index contributed by atoms with van der Waals surface area (Å²) in [5, 5.41) is 13.7. The fraction of sp³-hybridized carbons (Fsp3) is 0.381. The van der Waals surface area contributed by atoms with Gasteiger partial charge in [0.2, 0.25) is 11.9 Å². The Hall–Kier alpha value is -2.73. The number of rotatable bonds is 5. The summed E-state index contributed by atoms with van der Waals surface area (Å²) in [5.41, 5.74) is 2.09. The number of carbonyl (C=O) groups excluding carboxylic acids is 1. The standard InChI is InChI=1S/C21H24N4O2/c1-14-11-17-19(22-13-14)25(16-9-6-10-16)20(23-17)24-18(26)12-21(2,27)15-7-4-3-5-8-15/h3-5,7-8,11,13,16,27H,6,9-10,12H2,1-2H3,(H,23,24,26)/t21-/m0/s1. The zero-order chi connectivity index (χ0) is 19.0. The number of pyridine rings is 1. The van der Waals surface area contributed by atoms with Crippen molar-refractivity contribution in [3.8, 4) is 0 Å². The molecule has 1 fully saturated rings. The average molecular weight is 364 g/mol. The molecular weight excluding hydrogens is 340 g/mol. The van der Waals surface area contributed by atoms with Gasteiger partial charge in [0.25, 0.3) is 0 Å². The molecule has 2 N–H and O–H groups in total. The van der Waals surface area contributed by atoms with E-state index < -0.39 is 5.60 Å². The van der Waals surface area contributed by atoms with Crippen LogP contribution in [0.25, 0.3) is 11.2 Å². The minimum absolute atomic E-state index is 0.0443. The first-order valence-electron chi connectivity index (χ1n) is 9.36. The van der Waals surface area contributed by atoms with Gasteiger partial charge >= 0.3 is 0 Å². The van der Waals surface area contributed by atoms with E-state index in [1.54, 1.807) is 6.92 Å². The van der Waals surface area contributed by atoms with E-state index in [-0.39, 0.29) is 12.3 Å². The molecule has 140 valence electrons. The van der Waals surface area contributed by atoms with Crippen LogP contribution in [0.2, 0.25) is 0 Å². The van der Waals surface area contributed by atoms with Crippen molar-refractivity contribution in [1.29, 1.82) is 0 Å². The number of aromatic nitrogens is 3. The molecule has 2 aromatic heterocycles. The number of amides is 1. The molecule has 1 saturated carbocycles. The van der Waals surface area contributed by atoms with Gasteiger partial charge in [0.15, 0.2) is 5.65 Å². The average Bonchev–Trinajstić information content (AvgIpc) is 2.90. The smallest absolute Gasteiger partial charge is 0.229 e. The summed E-state index contributed by atoms with van der Waals surface area (Å²) in [6.07, 6.45) is 5.08. The highest BCUT2D eigenvalue weighted by molar-refractivity contribution is 5.91. The van der Waals surface area contributed by atoms with Crippen LogP contribution in [0.15, 0.2) is 42.6 Å². The Morgan fingerprint density at radius 2 is 2.07 bits per heavy atom. The topological polar surface area (TPSA) is 80.0 Å². The van der Waals surface area contributed by atoms with E-state index in [9.17, 15) is 9.90 Å². The molecule has 0 saturated heterocycles. The molecule has 0 unspecified atom stereocenters. The highest BCUT2D eigenvalue weighted by atomic mass is 16.3. The number of hydrogen-bond donors (Lipinski definition) is 2. The summed E-state index contributed by atoms with van der Waals surface area (Å²) < 4.78 is 2.04. The van der Waals surface area contributed by atoms with Crippen molar-refractivity contribution in [2.45, 2.75) is 51.2 Å². The molecule has 1 aliphatic carbocycles. The van der Waals surface area contributed by atoms with E-state index in [4.69, 9.17) is 0 Å². The van der Waals surface area contributed by atoms with Crippen molar-refractivity contribution in [3.05, 3.63) is 53.7 Å². The van der Waals surface area contributed by atoms with Crippen molar-refractivity contribution >= 4 is 23.0 Å². The fourth-order valence-corrected chi connectivity index (χ4v) is 3.54. The number of anilines is 1. The van der Waals surface area contributed by atoms with E-state index in [0.29, 0.717) is 17.6 Å². The van der Waals surface area contributed by atoms with Gasteiger partial charge in [-0.15, -0.1) is 0 Å². The number of carbonyl (C=O) groups is 1. The Morgan fingerprint density at radius 1 is 1.33 bits per heavy atom. The first-order chi connectivity index (χ1) is 12.9. The normalized spacial score (nSPS) is 16.7. The van der Waals surface area contributed by atoms with Gasteiger partial charge in [-0.3, -0.25) is 14.7 Å². The van der Waals surface area contributed by atoms with Crippen LogP contribution >= 0.6 is 0 Å². The lowest BCUT2D eigenvalue weighted by atomic mass is 9.92. The Labute approximate surface area is 158 Å². The zero-order valence-corrected chi connectivity index (χ0v) is 15.6. The summed E-state index contributed by atoms with van der Waals surface area (Å²) in [7, 11) is 0.